The summed E-state index contributed by atoms with van der Waals surface area (Å²) in [5, 5.41) is 0.905. The second-order valence-corrected chi connectivity index (χ2v) is 6.86. The molecule has 0 saturated heterocycles. The number of benzene rings is 2. The molecule has 5 rings (SSSR count). The number of carbonyl (C=O) groups excluding carboxylic acids is 2. The van der Waals surface area contributed by atoms with Crippen molar-refractivity contribution in [3.8, 4) is 11.5 Å². The van der Waals surface area contributed by atoms with Crippen LogP contribution in [0.3, 0.4) is 0 Å². The number of rotatable bonds is 2. The molecule has 0 saturated carbocycles. The molecule has 8 nitrogen and oxygen atoms in total. The number of fused-ring (bicyclic) bond motifs is 6. The highest BCUT2D eigenvalue weighted by atomic mass is 16.5. The van der Waals surface area contributed by atoms with Crippen LogP contribution >= 0.6 is 0 Å². The first-order valence-corrected chi connectivity index (χ1v) is 9.13. The van der Waals surface area contributed by atoms with Crippen LogP contribution in [0.4, 0.5) is 0 Å². The van der Waals surface area contributed by atoms with Gasteiger partial charge in [-0.25, -0.2) is 0 Å². The Kier molecular flexibility index (Phi) is 3.66. The summed E-state index contributed by atoms with van der Waals surface area (Å²) >= 11 is 0. The summed E-state index contributed by atoms with van der Waals surface area (Å²) in [4.78, 5) is 50.6. The first-order valence-electron chi connectivity index (χ1n) is 9.13. The maximum Gasteiger partial charge on any atom is 0.308 e. The second-order valence-electron chi connectivity index (χ2n) is 6.86. The Labute approximate surface area is 167 Å². The van der Waals surface area contributed by atoms with Crippen molar-refractivity contribution in [2.24, 2.45) is 0 Å². The maximum absolute atomic E-state index is 13.6. The predicted molar refractivity (Wildman–Crippen MR) is 110 cm³/mol. The van der Waals surface area contributed by atoms with E-state index in [0.717, 1.165) is 0 Å². The highest BCUT2D eigenvalue weighted by Gasteiger charge is 2.26. The fourth-order valence-corrected chi connectivity index (χ4v) is 3.93. The van der Waals surface area contributed by atoms with Gasteiger partial charge in [-0.1, -0.05) is 24.3 Å². The van der Waals surface area contributed by atoms with Crippen LogP contribution in [-0.2, 0) is 9.59 Å². The van der Waals surface area contributed by atoms with Gasteiger partial charge in [-0.3, -0.25) is 28.0 Å². The molecule has 2 aromatic carbocycles. The van der Waals surface area contributed by atoms with E-state index in [-0.39, 0.29) is 22.5 Å². The minimum absolute atomic E-state index is 0.0221. The summed E-state index contributed by atoms with van der Waals surface area (Å²) in [5.74, 6) is -1.18. The van der Waals surface area contributed by atoms with Gasteiger partial charge < -0.3 is 9.47 Å². The fraction of sp³-hybridized carbons (Fsp3) is 0.0909. The lowest BCUT2D eigenvalue weighted by molar-refractivity contribution is -0.132. The minimum Gasteiger partial charge on any atom is -0.424 e. The largest absolute Gasteiger partial charge is 0.424 e. The summed E-state index contributed by atoms with van der Waals surface area (Å²) in [7, 11) is 0. The number of para-hydroxylation sites is 2. The lowest BCUT2D eigenvalue weighted by Crippen LogP contribution is -2.26. The Morgan fingerprint density at radius 1 is 0.667 bits per heavy atom. The van der Waals surface area contributed by atoms with Crippen LogP contribution < -0.4 is 20.6 Å². The quantitative estimate of drug-likeness (QED) is 0.421. The molecule has 3 heterocycles. The zero-order valence-corrected chi connectivity index (χ0v) is 16.0. The Morgan fingerprint density at radius 3 is 1.40 bits per heavy atom. The van der Waals surface area contributed by atoms with Gasteiger partial charge in [0.2, 0.25) is 0 Å². The molecule has 30 heavy (non-hydrogen) atoms. The van der Waals surface area contributed by atoms with Crippen LogP contribution in [0.5, 0.6) is 11.5 Å². The highest BCUT2D eigenvalue weighted by molar-refractivity contribution is 6.01. The van der Waals surface area contributed by atoms with E-state index in [1.165, 1.54) is 22.6 Å². The van der Waals surface area contributed by atoms with Gasteiger partial charge in [-0.05, 0) is 24.3 Å². The Balaban J connectivity index is 2.13. The number of hydrogen-bond donors (Lipinski definition) is 0. The molecule has 5 aromatic rings. The molecule has 0 amide bonds. The van der Waals surface area contributed by atoms with Gasteiger partial charge in [0.25, 0.3) is 11.1 Å². The summed E-state index contributed by atoms with van der Waals surface area (Å²) in [6, 6.07) is 13.5. The van der Waals surface area contributed by atoms with Crippen LogP contribution in [0.25, 0.3) is 32.8 Å². The molecule has 0 unspecified atom stereocenters. The molecule has 0 aliphatic rings. The molecule has 0 N–H and O–H groups in total. The zero-order valence-electron chi connectivity index (χ0n) is 16.0. The number of hydrogen-bond acceptors (Lipinski definition) is 6. The van der Waals surface area contributed by atoms with E-state index in [2.05, 4.69) is 0 Å². The van der Waals surface area contributed by atoms with Gasteiger partial charge in [-0.15, -0.1) is 0 Å². The van der Waals surface area contributed by atoms with Gasteiger partial charge in [-0.2, -0.15) is 0 Å². The van der Waals surface area contributed by atoms with Crippen LogP contribution in [0, 0.1) is 0 Å². The smallest absolute Gasteiger partial charge is 0.308 e. The van der Waals surface area contributed by atoms with Crippen LogP contribution in [0.2, 0.25) is 0 Å². The van der Waals surface area contributed by atoms with E-state index in [1.54, 1.807) is 48.5 Å². The lowest BCUT2D eigenvalue weighted by atomic mass is 10.2. The fourth-order valence-electron chi connectivity index (χ4n) is 3.93. The number of aromatic nitrogens is 2. The molecule has 3 aromatic heterocycles. The predicted octanol–water partition coefficient (Wildman–Crippen LogP) is 2.51. The van der Waals surface area contributed by atoms with E-state index in [1.807, 2.05) is 0 Å². The summed E-state index contributed by atoms with van der Waals surface area (Å²) in [6.07, 6.45) is 0. The number of esters is 2. The lowest BCUT2D eigenvalue weighted by Gasteiger charge is -2.03. The molecule has 0 aliphatic carbocycles. The first-order chi connectivity index (χ1) is 14.4. The van der Waals surface area contributed by atoms with Crippen molar-refractivity contribution >= 4 is 44.8 Å². The van der Waals surface area contributed by atoms with Gasteiger partial charge in [0.1, 0.15) is 0 Å². The van der Waals surface area contributed by atoms with Crippen molar-refractivity contribution in [1.82, 2.24) is 8.80 Å². The molecule has 148 valence electrons. The number of carbonyl (C=O) groups is 2. The van der Waals surface area contributed by atoms with Crippen molar-refractivity contribution in [2.75, 3.05) is 0 Å². The van der Waals surface area contributed by atoms with Crippen molar-refractivity contribution in [2.45, 2.75) is 13.8 Å². The van der Waals surface area contributed by atoms with Gasteiger partial charge in [0.15, 0.2) is 22.5 Å². The topological polar surface area (TPSA) is 95.6 Å². The maximum atomic E-state index is 13.6. The van der Waals surface area contributed by atoms with E-state index >= 15 is 0 Å². The van der Waals surface area contributed by atoms with Crippen molar-refractivity contribution in [1.29, 1.82) is 0 Å². The number of ether oxygens (including phenoxy) is 2. The highest BCUT2D eigenvalue weighted by Crippen LogP contribution is 2.35. The summed E-state index contributed by atoms with van der Waals surface area (Å²) < 4.78 is 13.1. The van der Waals surface area contributed by atoms with Crippen LogP contribution in [-0.4, -0.2) is 20.7 Å². The third-order valence-electron chi connectivity index (χ3n) is 4.96. The third-order valence-corrected chi connectivity index (χ3v) is 4.96. The normalized spacial score (nSPS) is 11.5. The van der Waals surface area contributed by atoms with Gasteiger partial charge in [0.05, 0.1) is 11.0 Å². The van der Waals surface area contributed by atoms with Crippen molar-refractivity contribution in [3.05, 3.63) is 69.2 Å². The molecule has 0 aliphatic heterocycles. The molecule has 0 atom stereocenters. The molecule has 0 bridgehead atoms. The van der Waals surface area contributed by atoms with E-state index in [4.69, 9.17) is 9.47 Å². The third kappa shape index (κ3) is 2.27. The molecular formula is C22H14N2O6. The molecule has 8 heteroatoms. The van der Waals surface area contributed by atoms with Gasteiger partial charge in [0, 0.05) is 24.6 Å². The van der Waals surface area contributed by atoms with Crippen molar-refractivity contribution in [3.63, 3.8) is 0 Å². The van der Waals surface area contributed by atoms with E-state index in [9.17, 15) is 19.2 Å². The van der Waals surface area contributed by atoms with E-state index < -0.39 is 23.1 Å². The summed E-state index contributed by atoms with van der Waals surface area (Å²) in [6.45, 7) is 2.45. The van der Waals surface area contributed by atoms with E-state index in [0.29, 0.717) is 21.8 Å². The first kappa shape index (κ1) is 17.9. The minimum atomic E-state index is -0.613. The standard InChI is InChI=1S/C22H14N2O6/c1-11(25)29-19-13-7-3-5-9-15(13)23-17(19)21(27)24-16-10-6-4-8-14(16)20(30-12(2)26)18(24)22(23)28/h3-10H,1-2H3. The average Bonchev–Trinajstić information content (AvgIpc) is 3.20. The monoisotopic (exact) mass is 402 g/mol. The Bertz CT molecular complexity index is 1520. The average molecular weight is 402 g/mol. The Morgan fingerprint density at radius 2 is 1.03 bits per heavy atom. The summed E-state index contributed by atoms with van der Waals surface area (Å²) in [5.41, 5.74) is -0.420. The Hall–Kier alpha value is -4.20. The van der Waals surface area contributed by atoms with Gasteiger partial charge >= 0.3 is 11.9 Å². The number of nitrogens with zero attached hydrogens (tertiary/aromatic N) is 2. The van der Waals surface area contributed by atoms with Crippen molar-refractivity contribution < 1.29 is 19.1 Å². The van der Waals surface area contributed by atoms with Crippen LogP contribution in [0.15, 0.2) is 58.1 Å². The SMILES string of the molecule is CC(=O)Oc1c2ccccc2n2c(=O)c3c(OC(C)=O)c4ccccc4n3c(=O)c12. The zero-order chi connectivity index (χ0) is 21.2. The molecule has 0 spiro atoms. The molecule has 0 radical (unpaired) electrons. The molecular weight excluding hydrogens is 388 g/mol. The van der Waals surface area contributed by atoms with Crippen LogP contribution in [0.1, 0.15) is 13.8 Å². The molecule has 0 fully saturated rings. The second kappa shape index (κ2) is 6.15.